The minimum atomic E-state index is -0.437. The molecule has 3 nitrogen and oxygen atoms in total. The van der Waals surface area contributed by atoms with Crippen molar-refractivity contribution in [2.45, 2.75) is 66.6 Å². The molecule has 0 fully saturated rings. The zero-order valence-corrected chi connectivity index (χ0v) is 16.4. The zero-order valence-electron chi connectivity index (χ0n) is 15.6. The van der Waals surface area contributed by atoms with E-state index in [4.69, 9.17) is 21.1 Å². The van der Waals surface area contributed by atoms with E-state index in [1.54, 1.807) is 6.92 Å². The first kappa shape index (κ1) is 18.9. The van der Waals surface area contributed by atoms with Crippen LogP contribution in [0, 0.1) is 5.92 Å². The number of benzene rings is 1. The molecule has 0 saturated carbocycles. The average molecular weight is 351 g/mol. The summed E-state index contributed by atoms with van der Waals surface area (Å²) in [5, 5.41) is 0.455. The number of halogens is 1. The van der Waals surface area contributed by atoms with Gasteiger partial charge in [0.05, 0.1) is 6.10 Å². The quantitative estimate of drug-likeness (QED) is 0.706. The monoisotopic (exact) mass is 350 g/mol. The van der Waals surface area contributed by atoms with Gasteiger partial charge in [-0.2, -0.15) is 0 Å². The third kappa shape index (κ3) is 3.94. The van der Waals surface area contributed by atoms with Crippen LogP contribution in [0.4, 0.5) is 0 Å². The molecule has 0 radical (unpaired) electrons. The largest absolute Gasteiger partial charge is 0.489 e. The van der Waals surface area contributed by atoms with E-state index >= 15 is 0 Å². The molecule has 0 bridgehead atoms. The van der Waals surface area contributed by atoms with Gasteiger partial charge in [0.1, 0.15) is 22.2 Å². The minimum absolute atomic E-state index is 0.0389. The Morgan fingerprint density at radius 3 is 2.42 bits per heavy atom. The van der Waals surface area contributed by atoms with Crippen LogP contribution in [0.1, 0.15) is 59.6 Å². The summed E-state index contributed by atoms with van der Waals surface area (Å²) in [6, 6.07) is 2.00. The van der Waals surface area contributed by atoms with E-state index < -0.39 is 5.60 Å². The van der Waals surface area contributed by atoms with Gasteiger partial charge in [0.15, 0.2) is 5.75 Å². The Hall–Kier alpha value is -1.48. The van der Waals surface area contributed by atoms with Crippen LogP contribution >= 0.6 is 11.6 Å². The molecule has 1 aromatic carbocycles. The van der Waals surface area contributed by atoms with Gasteiger partial charge in [0.2, 0.25) is 0 Å². The molecule has 0 unspecified atom stereocenters. The highest BCUT2D eigenvalue weighted by molar-refractivity contribution is 6.34. The Morgan fingerprint density at radius 2 is 1.92 bits per heavy atom. The van der Waals surface area contributed by atoms with Crippen molar-refractivity contribution in [1.82, 2.24) is 0 Å². The highest BCUT2D eigenvalue weighted by Crippen LogP contribution is 2.48. The number of carbonyl (C=O) groups is 1. The maximum atomic E-state index is 11.7. The van der Waals surface area contributed by atoms with Crippen molar-refractivity contribution in [1.29, 1.82) is 0 Å². The van der Waals surface area contributed by atoms with Crippen LogP contribution in [-0.2, 0) is 11.2 Å². The van der Waals surface area contributed by atoms with E-state index in [2.05, 4.69) is 19.9 Å². The first-order valence-corrected chi connectivity index (χ1v) is 8.83. The Balaban J connectivity index is 2.71. The molecule has 0 aromatic heterocycles. The maximum absolute atomic E-state index is 11.7. The number of fused-ring (bicyclic) bond motifs is 1. The number of hydrogen-bond acceptors (Lipinski definition) is 3. The van der Waals surface area contributed by atoms with Crippen LogP contribution in [0.2, 0.25) is 5.02 Å². The van der Waals surface area contributed by atoms with Crippen LogP contribution in [0.5, 0.6) is 11.5 Å². The number of allylic oxidation sites excluding steroid dienone is 1. The molecule has 0 spiro atoms. The number of hydrogen-bond donors (Lipinski definition) is 0. The molecule has 132 valence electrons. The van der Waals surface area contributed by atoms with Crippen molar-refractivity contribution in [3.8, 4) is 11.5 Å². The van der Waals surface area contributed by atoms with Crippen LogP contribution in [0.25, 0.3) is 5.57 Å². The zero-order chi connectivity index (χ0) is 18.2. The molecule has 0 atom stereocenters. The normalized spacial score (nSPS) is 15.8. The van der Waals surface area contributed by atoms with Crippen molar-refractivity contribution >= 4 is 23.0 Å². The van der Waals surface area contributed by atoms with E-state index in [9.17, 15) is 4.79 Å². The van der Waals surface area contributed by atoms with Crippen LogP contribution in [0.3, 0.4) is 0 Å². The summed E-state index contributed by atoms with van der Waals surface area (Å²) < 4.78 is 12.1. The van der Waals surface area contributed by atoms with Crippen molar-refractivity contribution < 1.29 is 14.3 Å². The predicted octanol–water partition coefficient (Wildman–Crippen LogP) is 5.47. The summed E-state index contributed by atoms with van der Waals surface area (Å²) in [5.41, 5.74) is 2.52. The molecule has 0 saturated heterocycles. The molecule has 0 aliphatic carbocycles. The maximum Gasteiger partial charge on any atom is 0.150 e. The van der Waals surface area contributed by atoms with Gasteiger partial charge in [0.25, 0.3) is 0 Å². The van der Waals surface area contributed by atoms with E-state index in [1.807, 2.05) is 33.8 Å². The van der Waals surface area contributed by atoms with Gasteiger partial charge in [-0.15, -0.1) is 0 Å². The molecule has 0 amide bonds. The van der Waals surface area contributed by atoms with Gasteiger partial charge in [-0.3, -0.25) is 4.79 Å². The molecule has 1 aliphatic rings. The van der Waals surface area contributed by atoms with Crippen molar-refractivity contribution in [2.75, 3.05) is 0 Å². The summed E-state index contributed by atoms with van der Waals surface area (Å²) in [5.74, 6) is 1.61. The average Bonchev–Trinajstić information content (AvgIpc) is 2.42. The fourth-order valence-electron chi connectivity index (χ4n) is 2.97. The molecular weight excluding hydrogens is 324 g/mol. The third-order valence-electron chi connectivity index (χ3n) is 3.85. The van der Waals surface area contributed by atoms with Gasteiger partial charge in [-0.05, 0) is 58.3 Å². The van der Waals surface area contributed by atoms with Gasteiger partial charge in [0, 0.05) is 17.5 Å². The van der Waals surface area contributed by atoms with E-state index in [-0.39, 0.29) is 11.9 Å². The smallest absolute Gasteiger partial charge is 0.150 e. The lowest BCUT2D eigenvalue weighted by atomic mass is 9.86. The van der Waals surface area contributed by atoms with Crippen molar-refractivity contribution in [3.05, 3.63) is 28.3 Å². The second kappa shape index (κ2) is 6.79. The molecule has 4 heteroatoms. The van der Waals surface area contributed by atoms with Crippen LogP contribution in [0.15, 0.2) is 12.1 Å². The highest BCUT2D eigenvalue weighted by atomic mass is 35.5. The number of carbonyl (C=O) groups excluding carboxylic acids is 1. The van der Waals surface area contributed by atoms with Crippen LogP contribution < -0.4 is 9.47 Å². The van der Waals surface area contributed by atoms with Crippen molar-refractivity contribution in [3.63, 3.8) is 0 Å². The SMILES string of the molecule is CC(=O)Cc1cc2c(c(Cl)c1OC(C)C)OC(C)(C)C=C2C(C)C. The van der Waals surface area contributed by atoms with Gasteiger partial charge in [-0.1, -0.05) is 25.4 Å². The summed E-state index contributed by atoms with van der Waals surface area (Å²) >= 11 is 6.67. The lowest BCUT2D eigenvalue weighted by molar-refractivity contribution is -0.116. The topological polar surface area (TPSA) is 35.5 Å². The fraction of sp³-hybridized carbons (Fsp3) is 0.550. The molecule has 1 aromatic rings. The molecule has 2 rings (SSSR count). The van der Waals surface area contributed by atoms with E-state index in [0.717, 1.165) is 11.1 Å². The Bertz CT molecular complexity index is 685. The molecule has 1 aliphatic heterocycles. The Kier molecular flexibility index (Phi) is 5.34. The van der Waals surface area contributed by atoms with E-state index in [1.165, 1.54) is 5.57 Å². The summed E-state index contributed by atoms with van der Waals surface area (Å²) in [7, 11) is 0. The van der Waals surface area contributed by atoms with Gasteiger partial charge in [-0.25, -0.2) is 0 Å². The lowest BCUT2D eigenvalue weighted by Gasteiger charge is -2.34. The van der Waals surface area contributed by atoms with Gasteiger partial charge >= 0.3 is 0 Å². The molecule has 1 heterocycles. The Morgan fingerprint density at radius 1 is 1.29 bits per heavy atom. The van der Waals surface area contributed by atoms with Crippen LogP contribution in [-0.4, -0.2) is 17.5 Å². The summed E-state index contributed by atoms with van der Waals surface area (Å²) in [4.78, 5) is 11.7. The van der Waals surface area contributed by atoms with Crippen molar-refractivity contribution in [2.24, 2.45) is 5.92 Å². The summed E-state index contributed by atoms with van der Waals surface area (Å²) in [6.07, 6.45) is 2.39. The predicted molar refractivity (Wildman–Crippen MR) is 99.1 cm³/mol. The molecule has 0 N–H and O–H groups in total. The summed E-state index contributed by atoms with van der Waals surface area (Å²) in [6.45, 7) is 13.8. The minimum Gasteiger partial charge on any atom is -0.489 e. The second-order valence-corrected chi connectivity index (χ2v) is 7.94. The number of ketones is 1. The standard InChI is InChI=1S/C20H27ClO3/c1-11(2)16-10-20(6,7)24-19-15(16)9-14(8-13(5)22)18(17(19)21)23-12(3)4/h9-12H,8H2,1-7H3. The molecule has 24 heavy (non-hydrogen) atoms. The number of rotatable bonds is 5. The fourth-order valence-corrected chi connectivity index (χ4v) is 3.27. The molecular formula is C20H27ClO3. The number of ether oxygens (including phenoxy) is 2. The highest BCUT2D eigenvalue weighted by Gasteiger charge is 2.32. The second-order valence-electron chi connectivity index (χ2n) is 7.56. The first-order valence-electron chi connectivity index (χ1n) is 8.45. The number of Topliss-reactive ketones (excluding diaryl/α,β-unsaturated/α-hetero) is 1. The van der Waals surface area contributed by atoms with Gasteiger partial charge < -0.3 is 9.47 Å². The lowest BCUT2D eigenvalue weighted by Crippen LogP contribution is -2.30. The van der Waals surface area contributed by atoms with E-state index in [0.29, 0.717) is 28.9 Å². The Labute approximate surface area is 150 Å². The first-order chi connectivity index (χ1) is 11.0. The third-order valence-corrected chi connectivity index (χ3v) is 4.19.